The Bertz CT molecular complexity index is 493. The van der Waals surface area contributed by atoms with E-state index in [0.29, 0.717) is 13.2 Å². The third kappa shape index (κ3) is 3.98. The van der Waals surface area contributed by atoms with Crippen molar-refractivity contribution in [2.45, 2.75) is 23.0 Å². The lowest BCUT2D eigenvalue weighted by molar-refractivity contribution is -0.124. The molecule has 2 rings (SSSR count). The highest BCUT2D eigenvalue weighted by molar-refractivity contribution is 8.01. The number of carbonyl (C=O) groups excluding carboxylic acids is 2. The van der Waals surface area contributed by atoms with Crippen LogP contribution in [0.5, 0.6) is 0 Å². The van der Waals surface area contributed by atoms with Gasteiger partial charge in [0, 0.05) is 31.6 Å². The number of carbonyl (C=O) groups is 2. The van der Waals surface area contributed by atoms with Crippen molar-refractivity contribution in [3.8, 4) is 0 Å². The Labute approximate surface area is 122 Å². The minimum absolute atomic E-state index is 0.104. The van der Waals surface area contributed by atoms with Crippen LogP contribution in [0.4, 0.5) is 5.69 Å². The SMILES string of the molecule is COCCCNC(=O)CC1Sc2ccccc2NC1=O. The quantitative estimate of drug-likeness (QED) is 0.783. The first-order valence-electron chi connectivity index (χ1n) is 6.53. The molecule has 0 saturated carbocycles. The van der Waals surface area contributed by atoms with E-state index in [-0.39, 0.29) is 23.5 Å². The van der Waals surface area contributed by atoms with Crippen LogP contribution in [0.15, 0.2) is 29.2 Å². The molecule has 1 aromatic rings. The summed E-state index contributed by atoms with van der Waals surface area (Å²) >= 11 is 1.44. The number of thioether (sulfide) groups is 1. The molecule has 1 aromatic carbocycles. The molecule has 2 amide bonds. The first-order chi connectivity index (χ1) is 9.70. The monoisotopic (exact) mass is 294 g/mol. The molecule has 0 aliphatic carbocycles. The van der Waals surface area contributed by atoms with Crippen LogP contribution in [-0.2, 0) is 14.3 Å². The molecule has 2 N–H and O–H groups in total. The van der Waals surface area contributed by atoms with Crippen LogP contribution in [-0.4, -0.2) is 37.3 Å². The molecule has 1 aliphatic rings. The summed E-state index contributed by atoms with van der Waals surface area (Å²) < 4.78 is 4.91. The highest BCUT2D eigenvalue weighted by Gasteiger charge is 2.28. The van der Waals surface area contributed by atoms with E-state index >= 15 is 0 Å². The Morgan fingerprint density at radius 2 is 2.25 bits per heavy atom. The van der Waals surface area contributed by atoms with Crippen molar-refractivity contribution < 1.29 is 14.3 Å². The Hall–Kier alpha value is -1.53. The summed E-state index contributed by atoms with van der Waals surface area (Å²) in [5, 5.41) is 5.26. The number of nitrogens with one attached hydrogen (secondary N) is 2. The number of ether oxygens (including phenoxy) is 1. The third-order valence-corrected chi connectivity index (χ3v) is 4.20. The molecular formula is C14H18N2O3S. The number of anilines is 1. The van der Waals surface area contributed by atoms with E-state index in [0.717, 1.165) is 17.0 Å². The van der Waals surface area contributed by atoms with Crippen LogP contribution in [0.3, 0.4) is 0 Å². The average Bonchev–Trinajstić information content (AvgIpc) is 2.44. The summed E-state index contributed by atoms with van der Waals surface area (Å²) in [5.74, 6) is -0.214. The summed E-state index contributed by atoms with van der Waals surface area (Å²) in [6.45, 7) is 1.19. The minimum Gasteiger partial charge on any atom is -0.385 e. The molecule has 0 bridgehead atoms. The molecular weight excluding hydrogens is 276 g/mol. The largest absolute Gasteiger partial charge is 0.385 e. The molecule has 1 heterocycles. The molecule has 5 nitrogen and oxygen atoms in total. The molecule has 0 spiro atoms. The van der Waals surface area contributed by atoms with E-state index in [9.17, 15) is 9.59 Å². The average molecular weight is 294 g/mol. The zero-order valence-electron chi connectivity index (χ0n) is 11.3. The van der Waals surface area contributed by atoms with E-state index in [1.54, 1.807) is 7.11 Å². The topological polar surface area (TPSA) is 67.4 Å². The fourth-order valence-corrected chi connectivity index (χ4v) is 3.02. The van der Waals surface area contributed by atoms with Gasteiger partial charge in [-0.15, -0.1) is 11.8 Å². The van der Waals surface area contributed by atoms with Crippen LogP contribution in [0.1, 0.15) is 12.8 Å². The van der Waals surface area contributed by atoms with Crippen LogP contribution in [0.2, 0.25) is 0 Å². The number of hydrogen-bond acceptors (Lipinski definition) is 4. The van der Waals surface area contributed by atoms with Gasteiger partial charge in [-0.3, -0.25) is 9.59 Å². The zero-order valence-corrected chi connectivity index (χ0v) is 12.2. The maximum Gasteiger partial charge on any atom is 0.238 e. The van der Waals surface area contributed by atoms with Crippen molar-refractivity contribution in [2.75, 3.05) is 25.6 Å². The summed E-state index contributed by atoms with van der Waals surface area (Å²) in [4.78, 5) is 24.7. The first kappa shape index (κ1) is 14.9. The molecule has 1 aliphatic heterocycles. The Morgan fingerprint density at radius 3 is 3.05 bits per heavy atom. The molecule has 108 valence electrons. The smallest absolute Gasteiger partial charge is 0.238 e. The number of methoxy groups -OCH3 is 1. The van der Waals surface area contributed by atoms with Gasteiger partial charge >= 0.3 is 0 Å². The van der Waals surface area contributed by atoms with Crippen LogP contribution in [0, 0.1) is 0 Å². The van der Waals surface area contributed by atoms with E-state index in [4.69, 9.17) is 4.74 Å². The van der Waals surface area contributed by atoms with Gasteiger partial charge in [-0.05, 0) is 18.6 Å². The van der Waals surface area contributed by atoms with Crippen LogP contribution >= 0.6 is 11.8 Å². The van der Waals surface area contributed by atoms with E-state index in [2.05, 4.69) is 10.6 Å². The van der Waals surface area contributed by atoms with Gasteiger partial charge in [0.25, 0.3) is 0 Å². The van der Waals surface area contributed by atoms with Gasteiger partial charge < -0.3 is 15.4 Å². The number of amides is 2. The number of para-hydroxylation sites is 1. The van der Waals surface area contributed by atoms with Crippen molar-refractivity contribution in [2.24, 2.45) is 0 Å². The maximum absolute atomic E-state index is 11.9. The lowest BCUT2D eigenvalue weighted by Crippen LogP contribution is -2.35. The van der Waals surface area contributed by atoms with E-state index < -0.39 is 0 Å². The van der Waals surface area contributed by atoms with E-state index in [1.165, 1.54) is 11.8 Å². The highest BCUT2D eigenvalue weighted by atomic mass is 32.2. The fourth-order valence-electron chi connectivity index (χ4n) is 1.91. The molecule has 0 fully saturated rings. The summed E-state index contributed by atoms with van der Waals surface area (Å²) in [6, 6.07) is 7.61. The number of benzene rings is 1. The second-order valence-electron chi connectivity index (χ2n) is 4.49. The van der Waals surface area contributed by atoms with Gasteiger partial charge in [0.2, 0.25) is 11.8 Å². The predicted molar refractivity (Wildman–Crippen MR) is 78.8 cm³/mol. The molecule has 0 saturated heterocycles. The molecule has 1 unspecified atom stereocenters. The first-order valence-corrected chi connectivity index (χ1v) is 7.41. The van der Waals surface area contributed by atoms with Crippen molar-refractivity contribution in [3.63, 3.8) is 0 Å². The maximum atomic E-state index is 11.9. The second kappa shape index (κ2) is 7.31. The standard InChI is InChI=1S/C14H18N2O3S/c1-19-8-4-7-15-13(17)9-12-14(18)16-10-5-2-3-6-11(10)20-12/h2-3,5-6,12H,4,7-9H2,1H3,(H,15,17)(H,16,18). The predicted octanol–water partition coefficient (Wildman–Crippen LogP) is 1.64. The van der Waals surface area contributed by atoms with Gasteiger partial charge in [-0.1, -0.05) is 12.1 Å². The van der Waals surface area contributed by atoms with Gasteiger partial charge in [-0.25, -0.2) is 0 Å². The number of rotatable bonds is 6. The van der Waals surface area contributed by atoms with Gasteiger partial charge in [0.15, 0.2) is 0 Å². The molecule has 0 radical (unpaired) electrons. The highest BCUT2D eigenvalue weighted by Crippen LogP contribution is 2.36. The lowest BCUT2D eigenvalue weighted by Gasteiger charge is -2.23. The minimum atomic E-state index is -0.368. The molecule has 6 heteroatoms. The van der Waals surface area contributed by atoms with Crippen molar-refractivity contribution >= 4 is 29.3 Å². The van der Waals surface area contributed by atoms with Gasteiger partial charge in [0.05, 0.1) is 10.9 Å². The van der Waals surface area contributed by atoms with Gasteiger partial charge in [0.1, 0.15) is 0 Å². The molecule has 1 atom stereocenters. The van der Waals surface area contributed by atoms with Crippen molar-refractivity contribution in [1.82, 2.24) is 5.32 Å². The third-order valence-electron chi connectivity index (χ3n) is 2.92. The molecule has 20 heavy (non-hydrogen) atoms. The second-order valence-corrected chi connectivity index (χ2v) is 5.74. The fraction of sp³-hybridized carbons (Fsp3) is 0.429. The summed E-state index contributed by atoms with van der Waals surface area (Å²) in [5.41, 5.74) is 0.819. The Morgan fingerprint density at radius 1 is 1.45 bits per heavy atom. The zero-order chi connectivity index (χ0) is 14.4. The van der Waals surface area contributed by atoms with Crippen molar-refractivity contribution in [3.05, 3.63) is 24.3 Å². The number of fused-ring (bicyclic) bond motifs is 1. The molecule has 0 aromatic heterocycles. The van der Waals surface area contributed by atoms with Crippen LogP contribution < -0.4 is 10.6 Å². The lowest BCUT2D eigenvalue weighted by atomic mass is 10.2. The van der Waals surface area contributed by atoms with Gasteiger partial charge in [-0.2, -0.15) is 0 Å². The normalized spacial score (nSPS) is 17.2. The van der Waals surface area contributed by atoms with Crippen molar-refractivity contribution in [1.29, 1.82) is 0 Å². The van der Waals surface area contributed by atoms with Crippen LogP contribution in [0.25, 0.3) is 0 Å². The summed E-state index contributed by atoms with van der Waals surface area (Å²) in [7, 11) is 1.63. The summed E-state index contributed by atoms with van der Waals surface area (Å²) in [6.07, 6.45) is 0.965. The Balaban J connectivity index is 1.84. The number of hydrogen-bond donors (Lipinski definition) is 2. The Kier molecular flexibility index (Phi) is 5.43. The van der Waals surface area contributed by atoms with E-state index in [1.807, 2.05) is 24.3 Å².